The number of rotatable bonds is 7. The highest BCUT2D eigenvalue weighted by Gasteiger charge is 2.41. The Morgan fingerprint density at radius 3 is 2.95 bits per heavy atom. The SMILES string of the molecule is COCCNCC1(Cc2cc(F)ccc2C)CCOC1C. The summed E-state index contributed by atoms with van der Waals surface area (Å²) in [5.74, 6) is -0.162. The first-order chi connectivity index (χ1) is 10.1. The molecular weight excluding hydrogens is 269 g/mol. The van der Waals surface area contributed by atoms with E-state index < -0.39 is 0 Å². The second-order valence-corrected chi connectivity index (χ2v) is 6.04. The van der Waals surface area contributed by atoms with Crippen LogP contribution in [0.1, 0.15) is 24.5 Å². The van der Waals surface area contributed by atoms with Crippen LogP contribution in [0, 0.1) is 18.2 Å². The number of aryl methyl sites for hydroxylation is 1. The maximum atomic E-state index is 13.5. The van der Waals surface area contributed by atoms with Gasteiger partial charge >= 0.3 is 0 Å². The van der Waals surface area contributed by atoms with Gasteiger partial charge in [0, 0.05) is 32.2 Å². The Labute approximate surface area is 126 Å². The van der Waals surface area contributed by atoms with Gasteiger partial charge in [-0.3, -0.25) is 0 Å². The van der Waals surface area contributed by atoms with Gasteiger partial charge in [-0.25, -0.2) is 4.39 Å². The molecule has 1 aromatic rings. The molecule has 118 valence electrons. The summed E-state index contributed by atoms with van der Waals surface area (Å²) in [6.07, 6.45) is 2.03. The molecular formula is C17H26FNO2. The molecule has 1 heterocycles. The van der Waals surface area contributed by atoms with Crippen molar-refractivity contribution in [1.82, 2.24) is 5.32 Å². The van der Waals surface area contributed by atoms with Gasteiger partial charge in [-0.05, 0) is 49.9 Å². The quantitative estimate of drug-likeness (QED) is 0.785. The summed E-state index contributed by atoms with van der Waals surface area (Å²) in [5, 5.41) is 3.46. The monoisotopic (exact) mass is 295 g/mol. The van der Waals surface area contributed by atoms with Crippen LogP contribution in [0.2, 0.25) is 0 Å². The van der Waals surface area contributed by atoms with Crippen molar-refractivity contribution in [2.24, 2.45) is 5.41 Å². The maximum Gasteiger partial charge on any atom is 0.123 e. The Kier molecular flexibility index (Phi) is 5.73. The highest BCUT2D eigenvalue weighted by Crippen LogP contribution is 2.38. The van der Waals surface area contributed by atoms with E-state index in [2.05, 4.69) is 12.2 Å². The number of hydrogen-bond acceptors (Lipinski definition) is 3. The summed E-state index contributed by atoms with van der Waals surface area (Å²) in [5.41, 5.74) is 2.26. The molecule has 1 aliphatic heterocycles. The molecule has 0 bridgehead atoms. The largest absolute Gasteiger partial charge is 0.383 e. The first-order valence-corrected chi connectivity index (χ1v) is 7.64. The number of methoxy groups -OCH3 is 1. The van der Waals surface area contributed by atoms with E-state index in [0.717, 1.165) is 43.7 Å². The van der Waals surface area contributed by atoms with Gasteiger partial charge in [0.2, 0.25) is 0 Å². The third-order valence-corrected chi connectivity index (χ3v) is 4.64. The van der Waals surface area contributed by atoms with Crippen LogP contribution in [0.5, 0.6) is 0 Å². The molecule has 4 heteroatoms. The summed E-state index contributed by atoms with van der Waals surface area (Å²) in [4.78, 5) is 0. The summed E-state index contributed by atoms with van der Waals surface area (Å²) < 4.78 is 24.4. The lowest BCUT2D eigenvalue weighted by molar-refractivity contribution is 0.0618. The van der Waals surface area contributed by atoms with Crippen LogP contribution in [0.15, 0.2) is 18.2 Å². The number of ether oxygens (including phenoxy) is 2. The van der Waals surface area contributed by atoms with Crippen molar-refractivity contribution in [3.8, 4) is 0 Å². The third-order valence-electron chi connectivity index (χ3n) is 4.64. The van der Waals surface area contributed by atoms with Crippen molar-refractivity contribution in [3.05, 3.63) is 35.1 Å². The lowest BCUT2D eigenvalue weighted by Gasteiger charge is -2.33. The molecule has 21 heavy (non-hydrogen) atoms. The molecule has 0 saturated carbocycles. The molecule has 1 aromatic carbocycles. The summed E-state index contributed by atoms with van der Waals surface area (Å²) in [6, 6.07) is 5.05. The molecule has 0 aromatic heterocycles. The number of nitrogens with one attached hydrogen (secondary N) is 1. The van der Waals surface area contributed by atoms with Crippen LogP contribution >= 0.6 is 0 Å². The van der Waals surface area contributed by atoms with E-state index in [1.807, 2.05) is 13.0 Å². The fraction of sp³-hybridized carbons (Fsp3) is 0.647. The van der Waals surface area contributed by atoms with Crippen LogP contribution < -0.4 is 5.32 Å². The van der Waals surface area contributed by atoms with Crippen molar-refractivity contribution in [2.45, 2.75) is 32.8 Å². The second-order valence-electron chi connectivity index (χ2n) is 6.04. The van der Waals surface area contributed by atoms with E-state index in [0.29, 0.717) is 6.61 Å². The van der Waals surface area contributed by atoms with Gasteiger partial charge in [-0.15, -0.1) is 0 Å². The fourth-order valence-electron chi connectivity index (χ4n) is 3.07. The highest BCUT2D eigenvalue weighted by molar-refractivity contribution is 5.28. The molecule has 1 fully saturated rings. The molecule has 2 rings (SSSR count). The predicted molar refractivity (Wildman–Crippen MR) is 82.1 cm³/mol. The molecule has 1 N–H and O–H groups in total. The first kappa shape index (κ1) is 16.4. The molecule has 2 atom stereocenters. The van der Waals surface area contributed by atoms with Crippen molar-refractivity contribution >= 4 is 0 Å². The van der Waals surface area contributed by atoms with Crippen LogP contribution in [0.3, 0.4) is 0 Å². The van der Waals surface area contributed by atoms with E-state index in [4.69, 9.17) is 9.47 Å². The van der Waals surface area contributed by atoms with Crippen LogP contribution in [0.4, 0.5) is 4.39 Å². The van der Waals surface area contributed by atoms with Gasteiger partial charge in [0.05, 0.1) is 12.7 Å². The van der Waals surface area contributed by atoms with Gasteiger partial charge in [0.1, 0.15) is 5.82 Å². The Morgan fingerprint density at radius 1 is 1.48 bits per heavy atom. The Morgan fingerprint density at radius 2 is 2.29 bits per heavy atom. The topological polar surface area (TPSA) is 30.5 Å². The average molecular weight is 295 g/mol. The average Bonchev–Trinajstić information content (AvgIpc) is 2.81. The van der Waals surface area contributed by atoms with Crippen molar-refractivity contribution in [1.29, 1.82) is 0 Å². The fourth-order valence-corrected chi connectivity index (χ4v) is 3.07. The van der Waals surface area contributed by atoms with Crippen molar-refractivity contribution in [3.63, 3.8) is 0 Å². The number of hydrogen-bond donors (Lipinski definition) is 1. The van der Waals surface area contributed by atoms with Gasteiger partial charge < -0.3 is 14.8 Å². The van der Waals surface area contributed by atoms with E-state index in [9.17, 15) is 4.39 Å². The summed E-state index contributed by atoms with van der Waals surface area (Å²) in [7, 11) is 1.70. The number of halogens is 1. The maximum absolute atomic E-state index is 13.5. The zero-order chi connectivity index (χ0) is 15.3. The standard InChI is InChI=1S/C17H26FNO2/c1-13-4-5-16(18)10-15(13)11-17(6-8-21-14(17)2)12-19-7-9-20-3/h4-5,10,14,19H,6-9,11-12H2,1-3H3. The minimum atomic E-state index is -0.162. The molecule has 1 saturated heterocycles. The zero-order valence-corrected chi connectivity index (χ0v) is 13.2. The van der Waals surface area contributed by atoms with E-state index in [1.54, 1.807) is 13.2 Å². The second kappa shape index (κ2) is 7.34. The Balaban J connectivity index is 2.11. The van der Waals surface area contributed by atoms with Gasteiger partial charge in [-0.2, -0.15) is 0 Å². The Hall–Kier alpha value is -0.970. The highest BCUT2D eigenvalue weighted by atomic mass is 19.1. The summed E-state index contributed by atoms with van der Waals surface area (Å²) >= 11 is 0. The van der Waals surface area contributed by atoms with E-state index in [-0.39, 0.29) is 17.3 Å². The lowest BCUT2D eigenvalue weighted by atomic mass is 9.75. The molecule has 1 aliphatic rings. The summed E-state index contributed by atoms with van der Waals surface area (Å²) in [6.45, 7) is 7.34. The van der Waals surface area contributed by atoms with E-state index >= 15 is 0 Å². The van der Waals surface area contributed by atoms with Crippen molar-refractivity contribution < 1.29 is 13.9 Å². The van der Waals surface area contributed by atoms with Crippen molar-refractivity contribution in [2.75, 3.05) is 33.4 Å². The van der Waals surface area contributed by atoms with E-state index in [1.165, 1.54) is 6.07 Å². The van der Waals surface area contributed by atoms with Crippen LogP contribution in [0.25, 0.3) is 0 Å². The molecule has 0 spiro atoms. The van der Waals surface area contributed by atoms with Crippen LogP contribution in [-0.2, 0) is 15.9 Å². The smallest absolute Gasteiger partial charge is 0.123 e. The van der Waals surface area contributed by atoms with Gasteiger partial charge in [-0.1, -0.05) is 6.07 Å². The molecule has 0 aliphatic carbocycles. The number of benzene rings is 1. The normalized spacial score (nSPS) is 25.4. The zero-order valence-electron chi connectivity index (χ0n) is 13.2. The third kappa shape index (κ3) is 4.02. The minimum Gasteiger partial charge on any atom is -0.383 e. The molecule has 0 radical (unpaired) electrons. The molecule has 3 nitrogen and oxygen atoms in total. The lowest BCUT2D eigenvalue weighted by Crippen LogP contribution is -2.42. The van der Waals surface area contributed by atoms with Gasteiger partial charge in [0.15, 0.2) is 0 Å². The minimum absolute atomic E-state index is 0.0340. The first-order valence-electron chi connectivity index (χ1n) is 7.64. The van der Waals surface area contributed by atoms with Crippen LogP contribution in [-0.4, -0.2) is 39.5 Å². The predicted octanol–water partition coefficient (Wildman–Crippen LogP) is 2.71. The molecule has 0 amide bonds. The molecule has 2 unspecified atom stereocenters. The Bertz CT molecular complexity index is 466. The van der Waals surface area contributed by atoms with Gasteiger partial charge in [0.25, 0.3) is 0 Å².